The van der Waals surface area contributed by atoms with Crippen molar-refractivity contribution in [2.45, 2.75) is 24.0 Å². The Balaban J connectivity index is 1.56. The summed E-state index contributed by atoms with van der Waals surface area (Å²) in [6.45, 7) is 0.833. The smallest absolute Gasteiger partial charge is 0.254 e. The van der Waals surface area contributed by atoms with Gasteiger partial charge in [0.2, 0.25) is 0 Å². The highest BCUT2D eigenvalue weighted by molar-refractivity contribution is 7.98. The van der Waals surface area contributed by atoms with Gasteiger partial charge < -0.3 is 4.90 Å². The zero-order valence-electron chi connectivity index (χ0n) is 14.0. The minimum absolute atomic E-state index is 0.121. The predicted molar refractivity (Wildman–Crippen MR) is 103 cm³/mol. The van der Waals surface area contributed by atoms with Crippen molar-refractivity contribution in [2.75, 3.05) is 12.8 Å². The summed E-state index contributed by atoms with van der Waals surface area (Å²) in [5.74, 6) is 0.121. The average molecular weight is 370 g/mol. The number of thioether (sulfide) groups is 1. The summed E-state index contributed by atoms with van der Waals surface area (Å²) in [5.41, 5.74) is 3.03. The zero-order chi connectivity index (χ0) is 17.2. The molecule has 0 bridgehead atoms. The molecule has 1 aliphatic heterocycles. The van der Waals surface area contributed by atoms with Crippen LogP contribution < -0.4 is 0 Å². The van der Waals surface area contributed by atoms with Crippen LogP contribution in [0.5, 0.6) is 0 Å². The lowest BCUT2D eigenvalue weighted by molar-refractivity contribution is 0.0736. The molecule has 0 spiro atoms. The first kappa shape index (κ1) is 16.4. The highest BCUT2D eigenvalue weighted by Crippen LogP contribution is 2.34. The maximum absolute atomic E-state index is 13.0. The molecule has 128 valence electrons. The second-order valence-electron chi connectivity index (χ2n) is 6.04. The van der Waals surface area contributed by atoms with Gasteiger partial charge in [0.05, 0.1) is 6.04 Å². The third kappa shape index (κ3) is 3.12. The Morgan fingerprint density at radius 3 is 2.84 bits per heavy atom. The first-order valence-electron chi connectivity index (χ1n) is 8.29. The molecule has 1 aromatic carbocycles. The van der Waals surface area contributed by atoms with Crippen LogP contribution in [0.2, 0.25) is 0 Å². The van der Waals surface area contributed by atoms with E-state index in [0.29, 0.717) is 0 Å². The number of hydrogen-bond donors (Lipinski definition) is 0. The number of carbonyl (C=O) groups excluding carboxylic acids is 1. The molecule has 1 atom stereocenters. The highest BCUT2D eigenvalue weighted by Gasteiger charge is 2.30. The molecule has 6 heteroatoms. The molecule has 0 N–H and O–H groups in total. The average Bonchev–Trinajstić information content (AvgIpc) is 3.41. The van der Waals surface area contributed by atoms with Crippen molar-refractivity contribution in [3.8, 4) is 5.69 Å². The van der Waals surface area contributed by atoms with Gasteiger partial charge in [-0.1, -0.05) is 11.8 Å². The molecule has 2 aromatic heterocycles. The molecule has 0 unspecified atom stereocenters. The van der Waals surface area contributed by atoms with E-state index in [2.05, 4.69) is 21.8 Å². The largest absolute Gasteiger partial charge is 0.332 e. The van der Waals surface area contributed by atoms with E-state index in [1.54, 1.807) is 29.3 Å². The fraction of sp³-hybridized carbons (Fsp3) is 0.263. The van der Waals surface area contributed by atoms with Crippen LogP contribution in [0.1, 0.15) is 34.8 Å². The monoisotopic (exact) mass is 369 g/mol. The SMILES string of the molecule is CSc1nccn1-c1ccc(C(=O)N2CCC[C@@H]2c2ccsc2)cc1. The van der Waals surface area contributed by atoms with E-state index in [-0.39, 0.29) is 11.9 Å². The maximum Gasteiger partial charge on any atom is 0.254 e. The summed E-state index contributed by atoms with van der Waals surface area (Å²) >= 11 is 3.30. The van der Waals surface area contributed by atoms with Crippen LogP contribution in [0.15, 0.2) is 58.6 Å². The normalized spacial score (nSPS) is 17.2. The number of thiophene rings is 1. The number of amides is 1. The second kappa shape index (κ2) is 7.06. The maximum atomic E-state index is 13.0. The molecule has 0 aliphatic carbocycles. The number of aromatic nitrogens is 2. The molecule has 1 aliphatic rings. The van der Waals surface area contributed by atoms with Crippen molar-refractivity contribution in [1.82, 2.24) is 14.5 Å². The molecule has 0 radical (unpaired) electrons. The first-order chi connectivity index (χ1) is 12.3. The molecular weight excluding hydrogens is 350 g/mol. The van der Waals surface area contributed by atoms with Gasteiger partial charge in [0.1, 0.15) is 0 Å². The van der Waals surface area contributed by atoms with E-state index in [0.717, 1.165) is 35.8 Å². The molecule has 1 saturated heterocycles. The molecule has 3 aromatic rings. The van der Waals surface area contributed by atoms with Crippen molar-refractivity contribution in [3.05, 3.63) is 64.6 Å². The summed E-state index contributed by atoms with van der Waals surface area (Å²) in [6.07, 6.45) is 7.86. The van der Waals surface area contributed by atoms with E-state index < -0.39 is 0 Å². The van der Waals surface area contributed by atoms with Crippen molar-refractivity contribution in [1.29, 1.82) is 0 Å². The number of imidazole rings is 1. The minimum Gasteiger partial charge on any atom is -0.332 e. The molecule has 0 saturated carbocycles. The van der Waals surface area contributed by atoms with Crippen molar-refractivity contribution >= 4 is 29.0 Å². The fourth-order valence-corrected chi connectivity index (χ4v) is 4.62. The summed E-state index contributed by atoms with van der Waals surface area (Å²) in [5, 5.41) is 5.18. The quantitative estimate of drug-likeness (QED) is 0.629. The van der Waals surface area contributed by atoms with E-state index in [1.807, 2.05) is 46.2 Å². The molecule has 1 fully saturated rings. The standard InChI is InChI=1S/C19H19N3OS2/c1-24-19-20-9-11-21(19)16-6-4-14(5-7-16)18(23)22-10-2-3-17(22)15-8-12-25-13-15/h4-9,11-13,17H,2-3,10H2,1H3/t17-/m1/s1. The van der Waals surface area contributed by atoms with Gasteiger partial charge in [0.25, 0.3) is 5.91 Å². The number of hydrogen-bond acceptors (Lipinski definition) is 4. The number of benzene rings is 1. The lowest BCUT2D eigenvalue weighted by Gasteiger charge is -2.24. The van der Waals surface area contributed by atoms with E-state index in [4.69, 9.17) is 0 Å². The Labute approximate surface area is 155 Å². The molecular formula is C19H19N3OS2. The van der Waals surface area contributed by atoms with Gasteiger partial charge >= 0.3 is 0 Å². The Hall–Kier alpha value is -2.05. The zero-order valence-corrected chi connectivity index (χ0v) is 15.6. The summed E-state index contributed by atoms with van der Waals surface area (Å²) in [7, 11) is 0. The Morgan fingerprint density at radius 2 is 2.12 bits per heavy atom. The van der Waals surface area contributed by atoms with E-state index in [9.17, 15) is 4.79 Å². The topological polar surface area (TPSA) is 38.1 Å². The van der Waals surface area contributed by atoms with Crippen molar-refractivity contribution in [2.24, 2.45) is 0 Å². The molecule has 3 heterocycles. The lowest BCUT2D eigenvalue weighted by atomic mass is 10.1. The van der Waals surface area contributed by atoms with E-state index >= 15 is 0 Å². The van der Waals surface area contributed by atoms with Crippen LogP contribution >= 0.6 is 23.1 Å². The third-order valence-electron chi connectivity index (χ3n) is 4.62. The van der Waals surface area contributed by atoms with Crippen LogP contribution in [0.25, 0.3) is 5.69 Å². The van der Waals surface area contributed by atoms with Crippen LogP contribution in [0, 0.1) is 0 Å². The van der Waals surface area contributed by atoms with Crippen molar-refractivity contribution in [3.63, 3.8) is 0 Å². The van der Waals surface area contributed by atoms with Crippen LogP contribution in [0.4, 0.5) is 0 Å². The predicted octanol–water partition coefficient (Wildman–Crippen LogP) is 4.63. The third-order valence-corrected chi connectivity index (χ3v) is 5.99. The number of rotatable bonds is 4. The fourth-order valence-electron chi connectivity index (χ4n) is 3.39. The Bertz CT molecular complexity index is 855. The van der Waals surface area contributed by atoms with Gasteiger partial charge in [-0.2, -0.15) is 11.3 Å². The highest BCUT2D eigenvalue weighted by atomic mass is 32.2. The second-order valence-corrected chi connectivity index (χ2v) is 7.60. The van der Waals surface area contributed by atoms with Crippen LogP contribution in [-0.4, -0.2) is 33.2 Å². The summed E-state index contributed by atoms with van der Waals surface area (Å²) < 4.78 is 2.03. The van der Waals surface area contributed by atoms with Gasteiger partial charge in [-0.05, 0) is 65.8 Å². The lowest BCUT2D eigenvalue weighted by Crippen LogP contribution is -2.30. The summed E-state index contributed by atoms with van der Waals surface area (Å²) in [4.78, 5) is 19.3. The van der Waals surface area contributed by atoms with E-state index in [1.165, 1.54) is 5.56 Å². The number of nitrogens with zero attached hydrogens (tertiary/aromatic N) is 3. The number of likely N-dealkylation sites (tertiary alicyclic amines) is 1. The van der Waals surface area contributed by atoms with Crippen LogP contribution in [-0.2, 0) is 0 Å². The Morgan fingerprint density at radius 1 is 1.28 bits per heavy atom. The van der Waals surface area contributed by atoms with Crippen molar-refractivity contribution < 1.29 is 4.79 Å². The van der Waals surface area contributed by atoms with Gasteiger partial charge in [-0.25, -0.2) is 4.98 Å². The Kier molecular flexibility index (Phi) is 4.63. The van der Waals surface area contributed by atoms with Gasteiger partial charge in [-0.3, -0.25) is 9.36 Å². The summed E-state index contributed by atoms with van der Waals surface area (Å²) in [6, 6.07) is 10.2. The molecule has 1 amide bonds. The molecule has 4 rings (SSSR count). The minimum atomic E-state index is 0.121. The van der Waals surface area contributed by atoms with Gasteiger partial charge in [-0.15, -0.1) is 0 Å². The first-order valence-corrected chi connectivity index (χ1v) is 10.5. The molecule has 4 nitrogen and oxygen atoms in total. The molecule has 25 heavy (non-hydrogen) atoms. The van der Waals surface area contributed by atoms with Gasteiger partial charge in [0.15, 0.2) is 5.16 Å². The number of carbonyl (C=O) groups is 1. The van der Waals surface area contributed by atoms with Gasteiger partial charge in [0, 0.05) is 30.2 Å². The van der Waals surface area contributed by atoms with Crippen LogP contribution in [0.3, 0.4) is 0 Å².